The van der Waals surface area contributed by atoms with Gasteiger partial charge in [0.25, 0.3) is 0 Å². The summed E-state index contributed by atoms with van der Waals surface area (Å²) in [4.78, 5) is 22.0. The largest absolute Gasteiger partial charge is 0.481 e. The molecular weight excluding hydrogens is 340 g/mol. The lowest BCUT2D eigenvalue weighted by molar-refractivity contribution is -0.138. The number of halogens is 3. The van der Waals surface area contributed by atoms with E-state index in [1.165, 1.54) is 0 Å². The predicted molar refractivity (Wildman–Crippen MR) is 78.2 cm³/mol. The number of amides is 1. The Kier molecular flexibility index (Phi) is 5.09. The van der Waals surface area contributed by atoms with E-state index in [1.807, 2.05) is 0 Å². The second-order valence-electron chi connectivity index (χ2n) is 4.13. The molecule has 1 atom stereocenters. The molecule has 116 valence electrons. The zero-order valence-electron chi connectivity index (χ0n) is 10.7. The molecule has 1 aliphatic heterocycles. The summed E-state index contributed by atoms with van der Waals surface area (Å²) in [5.41, 5.74) is -0.0140. The zero-order valence-corrected chi connectivity index (χ0v) is 12.3. The van der Waals surface area contributed by atoms with Crippen LogP contribution in [0.3, 0.4) is 0 Å². The SMILES string of the molecule is O=C(O)CC1SC(=NN=Cc2cc(F)cc(F)c2Cl)NC1=O. The van der Waals surface area contributed by atoms with Crippen LogP contribution in [0, 0.1) is 11.6 Å². The first-order chi connectivity index (χ1) is 10.4. The maximum atomic E-state index is 13.2. The number of carboxylic acid groups (broad SMARTS) is 1. The topological polar surface area (TPSA) is 91.1 Å². The van der Waals surface area contributed by atoms with Crippen molar-refractivity contribution in [1.29, 1.82) is 0 Å². The Hall–Kier alpha value is -2.00. The summed E-state index contributed by atoms with van der Waals surface area (Å²) < 4.78 is 26.3. The molecule has 1 amide bonds. The number of carbonyl (C=O) groups is 2. The van der Waals surface area contributed by atoms with E-state index in [2.05, 4.69) is 15.5 Å². The van der Waals surface area contributed by atoms with Crippen LogP contribution in [-0.4, -0.2) is 33.6 Å². The van der Waals surface area contributed by atoms with Gasteiger partial charge in [-0.15, -0.1) is 5.10 Å². The minimum Gasteiger partial charge on any atom is -0.481 e. The summed E-state index contributed by atoms with van der Waals surface area (Å²) in [5.74, 6) is -3.35. The molecule has 2 N–H and O–H groups in total. The van der Waals surface area contributed by atoms with Crippen molar-refractivity contribution in [2.24, 2.45) is 10.2 Å². The van der Waals surface area contributed by atoms with Gasteiger partial charge in [0.15, 0.2) is 5.17 Å². The Bertz CT molecular complexity index is 696. The molecule has 1 aromatic carbocycles. The van der Waals surface area contributed by atoms with Gasteiger partial charge in [-0.05, 0) is 6.07 Å². The third-order valence-corrected chi connectivity index (χ3v) is 3.97. The molecule has 10 heteroatoms. The lowest BCUT2D eigenvalue weighted by atomic mass is 10.2. The highest BCUT2D eigenvalue weighted by atomic mass is 35.5. The van der Waals surface area contributed by atoms with Gasteiger partial charge < -0.3 is 10.4 Å². The number of nitrogens with one attached hydrogen (secondary N) is 1. The van der Waals surface area contributed by atoms with Crippen LogP contribution >= 0.6 is 23.4 Å². The van der Waals surface area contributed by atoms with Crippen LogP contribution in [0.15, 0.2) is 22.3 Å². The molecule has 1 unspecified atom stereocenters. The van der Waals surface area contributed by atoms with E-state index < -0.39 is 28.8 Å². The van der Waals surface area contributed by atoms with Gasteiger partial charge in [0.05, 0.1) is 17.7 Å². The molecule has 0 spiro atoms. The molecule has 1 aliphatic rings. The van der Waals surface area contributed by atoms with Crippen molar-refractivity contribution in [1.82, 2.24) is 5.32 Å². The van der Waals surface area contributed by atoms with Crippen LogP contribution in [0.5, 0.6) is 0 Å². The van der Waals surface area contributed by atoms with Crippen molar-refractivity contribution < 1.29 is 23.5 Å². The van der Waals surface area contributed by atoms with Crippen molar-refractivity contribution in [3.8, 4) is 0 Å². The number of carboxylic acids is 1. The summed E-state index contributed by atoms with van der Waals surface area (Å²) in [6.07, 6.45) is 0.679. The first kappa shape index (κ1) is 16.4. The zero-order chi connectivity index (χ0) is 16.3. The Morgan fingerprint density at radius 3 is 2.91 bits per heavy atom. The Labute approximate surface area is 132 Å². The maximum Gasteiger partial charge on any atom is 0.305 e. The van der Waals surface area contributed by atoms with E-state index in [0.717, 1.165) is 24.0 Å². The second-order valence-corrected chi connectivity index (χ2v) is 5.70. The average molecular weight is 348 g/mol. The van der Waals surface area contributed by atoms with Gasteiger partial charge >= 0.3 is 5.97 Å². The van der Waals surface area contributed by atoms with Gasteiger partial charge in [-0.25, -0.2) is 8.78 Å². The third-order valence-electron chi connectivity index (χ3n) is 2.50. The molecule has 0 bridgehead atoms. The van der Waals surface area contributed by atoms with E-state index in [4.69, 9.17) is 16.7 Å². The van der Waals surface area contributed by atoms with Gasteiger partial charge in [0, 0.05) is 11.6 Å². The Balaban J connectivity index is 2.09. The molecule has 0 aliphatic carbocycles. The first-order valence-corrected chi connectivity index (χ1v) is 7.07. The van der Waals surface area contributed by atoms with Crippen molar-refractivity contribution in [3.63, 3.8) is 0 Å². The summed E-state index contributed by atoms with van der Waals surface area (Å²) in [7, 11) is 0. The van der Waals surface area contributed by atoms with Crippen LogP contribution in [-0.2, 0) is 9.59 Å². The number of thioether (sulfide) groups is 1. The molecule has 0 radical (unpaired) electrons. The van der Waals surface area contributed by atoms with Crippen LogP contribution < -0.4 is 5.32 Å². The van der Waals surface area contributed by atoms with Crippen LogP contribution in [0.2, 0.25) is 5.02 Å². The Morgan fingerprint density at radius 1 is 1.50 bits per heavy atom. The lowest BCUT2D eigenvalue weighted by Gasteiger charge is -1.99. The summed E-state index contributed by atoms with van der Waals surface area (Å²) in [5, 5.41) is 17.2. The van der Waals surface area contributed by atoms with E-state index in [0.29, 0.717) is 6.07 Å². The molecule has 6 nitrogen and oxygen atoms in total. The van der Waals surface area contributed by atoms with Crippen LogP contribution in [0.1, 0.15) is 12.0 Å². The monoisotopic (exact) mass is 347 g/mol. The van der Waals surface area contributed by atoms with E-state index >= 15 is 0 Å². The number of nitrogens with zero attached hydrogens (tertiary/aromatic N) is 2. The van der Waals surface area contributed by atoms with Gasteiger partial charge in [-0.3, -0.25) is 9.59 Å². The highest BCUT2D eigenvalue weighted by molar-refractivity contribution is 8.15. The smallest absolute Gasteiger partial charge is 0.305 e. The quantitative estimate of drug-likeness (QED) is 0.495. The fourth-order valence-corrected chi connectivity index (χ4v) is 2.63. The average Bonchev–Trinajstić information content (AvgIpc) is 2.75. The number of hydrogen-bond donors (Lipinski definition) is 2. The molecule has 1 fully saturated rings. The van der Waals surface area contributed by atoms with Gasteiger partial charge in [-0.1, -0.05) is 23.4 Å². The molecule has 0 aromatic heterocycles. The van der Waals surface area contributed by atoms with Crippen LogP contribution in [0.4, 0.5) is 8.78 Å². The first-order valence-electron chi connectivity index (χ1n) is 5.81. The van der Waals surface area contributed by atoms with E-state index in [9.17, 15) is 18.4 Å². The molecule has 1 heterocycles. The number of benzene rings is 1. The lowest BCUT2D eigenvalue weighted by Crippen LogP contribution is -2.26. The minimum atomic E-state index is -1.11. The van der Waals surface area contributed by atoms with Crippen molar-refractivity contribution >= 4 is 46.6 Å². The Morgan fingerprint density at radius 2 is 2.23 bits per heavy atom. The predicted octanol–water partition coefficient (Wildman–Crippen LogP) is 2.01. The van der Waals surface area contributed by atoms with Gasteiger partial charge in [0.1, 0.15) is 16.9 Å². The number of amidine groups is 1. The van der Waals surface area contributed by atoms with Crippen molar-refractivity contribution in [2.45, 2.75) is 11.7 Å². The fourth-order valence-electron chi connectivity index (χ4n) is 1.56. The van der Waals surface area contributed by atoms with E-state index in [-0.39, 0.29) is 22.2 Å². The third kappa shape index (κ3) is 4.01. The molecule has 2 rings (SSSR count). The molecular formula is C12H8ClF2N3O3S. The van der Waals surface area contributed by atoms with E-state index in [1.54, 1.807) is 0 Å². The number of aliphatic carboxylic acids is 1. The number of hydrogen-bond acceptors (Lipinski definition) is 5. The molecule has 22 heavy (non-hydrogen) atoms. The number of rotatable bonds is 4. The van der Waals surface area contributed by atoms with Crippen molar-refractivity contribution in [2.75, 3.05) is 0 Å². The molecule has 1 aromatic rings. The highest BCUT2D eigenvalue weighted by Gasteiger charge is 2.32. The minimum absolute atomic E-state index is 0.0140. The number of carbonyl (C=O) groups excluding carboxylic acids is 1. The fraction of sp³-hybridized carbons (Fsp3) is 0.167. The summed E-state index contributed by atoms with van der Waals surface area (Å²) in [6.45, 7) is 0. The normalized spacial score (nSPS) is 19.9. The standard InChI is InChI=1S/C12H8ClF2N3O3S/c13-10-5(1-6(14)2-7(10)15)4-16-18-12-17-11(21)8(22-12)3-9(19)20/h1-2,4,8H,3H2,(H,19,20)(H,17,18,21). The summed E-state index contributed by atoms with van der Waals surface area (Å²) >= 11 is 6.55. The van der Waals surface area contributed by atoms with Gasteiger partial charge in [-0.2, -0.15) is 5.10 Å². The van der Waals surface area contributed by atoms with Gasteiger partial charge in [0.2, 0.25) is 5.91 Å². The van der Waals surface area contributed by atoms with Crippen LogP contribution in [0.25, 0.3) is 0 Å². The highest BCUT2D eigenvalue weighted by Crippen LogP contribution is 2.23. The molecule has 1 saturated heterocycles. The summed E-state index contributed by atoms with van der Waals surface area (Å²) in [6, 6.07) is 1.61. The van der Waals surface area contributed by atoms with Crippen molar-refractivity contribution in [3.05, 3.63) is 34.4 Å². The molecule has 0 saturated carbocycles. The second kappa shape index (κ2) is 6.84. The maximum absolute atomic E-state index is 13.2.